The van der Waals surface area contributed by atoms with Crippen LogP contribution in [0.15, 0.2) is 36.7 Å². The van der Waals surface area contributed by atoms with Crippen LogP contribution < -0.4 is 10.6 Å². The van der Waals surface area contributed by atoms with Gasteiger partial charge < -0.3 is 10.6 Å². The van der Waals surface area contributed by atoms with Crippen molar-refractivity contribution in [3.8, 4) is 5.69 Å². The zero-order valence-corrected chi connectivity index (χ0v) is 13.5. The fraction of sp³-hybridized carbons (Fsp3) is 0.333. The number of nitrogens with zero attached hydrogens (tertiary/aromatic N) is 2. The first-order valence-electron chi connectivity index (χ1n) is 7.04. The van der Waals surface area contributed by atoms with Gasteiger partial charge in [-0.25, -0.2) is 4.68 Å². The number of hydrogen-bond acceptors (Lipinski definition) is 3. The van der Waals surface area contributed by atoms with Gasteiger partial charge in [-0.05, 0) is 43.7 Å². The average molecular weight is 341 g/mol. The Bertz CT molecular complexity index is 621. The number of aromatic nitrogens is 2. The molecular weight excluding hydrogens is 323 g/mol. The molecular formula is C15H18Cl2N4O. The molecule has 0 bridgehead atoms. The number of rotatable bonds is 3. The Labute approximate surface area is 140 Å². The Hall–Kier alpha value is -1.56. The molecule has 0 spiro atoms. The summed E-state index contributed by atoms with van der Waals surface area (Å²) >= 11 is 5.86. The van der Waals surface area contributed by atoms with Crippen molar-refractivity contribution in [2.24, 2.45) is 0 Å². The van der Waals surface area contributed by atoms with Crippen LogP contribution in [0, 0.1) is 0 Å². The molecule has 1 aliphatic rings. The van der Waals surface area contributed by atoms with Crippen LogP contribution in [0.2, 0.25) is 5.02 Å². The zero-order valence-electron chi connectivity index (χ0n) is 12.0. The average Bonchev–Trinajstić information content (AvgIpc) is 2.99. The first-order valence-corrected chi connectivity index (χ1v) is 7.42. The van der Waals surface area contributed by atoms with Gasteiger partial charge in [-0.2, -0.15) is 5.10 Å². The molecule has 0 aliphatic carbocycles. The monoisotopic (exact) mass is 340 g/mol. The summed E-state index contributed by atoms with van der Waals surface area (Å²) in [5.41, 5.74) is 1.44. The molecule has 1 saturated heterocycles. The normalized spacial score (nSPS) is 17.6. The third-order valence-electron chi connectivity index (χ3n) is 3.57. The van der Waals surface area contributed by atoms with E-state index in [9.17, 15) is 4.79 Å². The second kappa shape index (κ2) is 7.63. The van der Waals surface area contributed by atoms with Crippen LogP contribution in [0.1, 0.15) is 23.2 Å². The largest absolute Gasteiger partial charge is 0.348 e. The minimum absolute atomic E-state index is 0. The molecule has 1 aliphatic heterocycles. The van der Waals surface area contributed by atoms with E-state index in [1.807, 2.05) is 12.1 Å². The highest BCUT2D eigenvalue weighted by Crippen LogP contribution is 2.13. The van der Waals surface area contributed by atoms with E-state index in [2.05, 4.69) is 15.7 Å². The Morgan fingerprint density at radius 2 is 2.14 bits per heavy atom. The van der Waals surface area contributed by atoms with Crippen molar-refractivity contribution in [3.63, 3.8) is 0 Å². The maximum absolute atomic E-state index is 12.2. The van der Waals surface area contributed by atoms with E-state index in [0.717, 1.165) is 31.6 Å². The number of halogens is 2. The lowest BCUT2D eigenvalue weighted by Crippen LogP contribution is -2.45. The maximum Gasteiger partial charge on any atom is 0.254 e. The van der Waals surface area contributed by atoms with Crippen LogP contribution in [0.3, 0.4) is 0 Å². The highest BCUT2D eigenvalue weighted by molar-refractivity contribution is 6.30. The highest BCUT2D eigenvalue weighted by atomic mass is 35.5. The lowest BCUT2D eigenvalue weighted by molar-refractivity contribution is 0.0930. The van der Waals surface area contributed by atoms with Gasteiger partial charge in [0.2, 0.25) is 0 Å². The van der Waals surface area contributed by atoms with Gasteiger partial charge in [0.25, 0.3) is 5.91 Å². The van der Waals surface area contributed by atoms with Gasteiger partial charge >= 0.3 is 0 Å². The van der Waals surface area contributed by atoms with Crippen molar-refractivity contribution in [1.82, 2.24) is 20.4 Å². The summed E-state index contributed by atoms with van der Waals surface area (Å²) in [6, 6.07) is 7.52. The molecule has 1 unspecified atom stereocenters. The Morgan fingerprint density at radius 3 is 2.82 bits per heavy atom. The Balaban J connectivity index is 0.00000176. The van der Waals surface area contributed by atoms with Crippen molar-refractivity contribution in [3.05, 3.63) is 47.2 Å². The Morgan fingerprint density at radius 1 is 1.36 bits per heavy atom. The topological polar surface area (TPSA) is 59.0 Å². The van der Waals surface area contributed by atoms with E-state index in [1.54, 1.807) is 29.2 Å². The molecule has 3 rings (SSSR count). The van der Waals surface area contributed by atoms with E-state index in [0.29, 0.717) is 10.6 Å². The molecule has 118 valence electrons. The maximum atomic E-state index is 12.2. The number of benzene rings is 1. The summed E-state index contributed by atoms with van der Waals surface area (Å²) in [4.78, 5) is 12.2. The van der Waals surface area contributed by atoms with Gasteiger partial charge in [0, 0.05) is 23.8 Å². The van der Waals surface area contributed by atoms with E-state index in [-0.39, 0.29) is 24.4 Å². The van der Waals surface area contributed by atoms with Crippen molar-refractivity contribution in [2.75, 3.05) is 13.1 Å². The van der Waals surface area contributed by atoms with E-state index in [1.165, 1.54) is 0 Å². The fourth-order valence-electron chi connectivity index (χ4n) is 2.42. The lowest BCUT2D eigenvalue weighted by Gasteiger charge is -2.23. The molecule has 1 fully saturated rings. The van der Waals surface area contributed by atoms with Crippen LogP contribution in [0.25, 0.3) is 5.69 Å². The van der Waals surface area contributed by atoms with Gasteiger partial charge in [0.15, 0.2) is 0 Å². The van der Waals surface area contributed by atoms with Gasteiger partial charge in [-0.15, -0.1) is 12.4 Å². The van der Waals surface area contributed by atoms with Crippen molar-refractivity contribution >= 4 is 29.9 Å². The molecule has 1 amide bonds. The molecule has 1 aromatic heterocycles. The van der Waals surface area contributed by atoms with Crippen molar-refractivity contribution in [1.29, 1.82) is 0 Å². The number of hydrogen-bond donors (Lipinski definition) is 2. The molecule has 2 aromatic rings. The van der Waals surface area contributed by atoms with E-state index >= 15 is 0 Å². The summed E-state index contributed by atoms with van der Waals surface area (Å²) < 4.78 is 1.67. The number of carbonyl (C=O) groups excluding carboxylic acids is 1. The minimum atomic E-state index is -0.0797. The first kappa shape index (κ1) is 16.8. The SMILES string of the molecule is Cl.O=C(NC1CCCNC1)c1cnn(-c2ccc(Cl)cc2)c1. The molecule has 2 N–H and O–H groups in total. The van der Waals surface area contributed by atoms with E-state index < -0.39 is 0 Å². The standard InChI is InChI=1S/C15H17ClN4O.ClH/c16-12-3-5-14(6-4-12)20-10-11(8-18-20)15(21)19-13-2-1-7-17-9-13;/h3-6,8,10,13,17H,1-2,7,9H2,(H,19,21);1H. The van der Waals surface area contributed by atoms with Crippen LogP contribution in [-0.4, -0.2) is 34.8 Å². The summed E-state index contributed by atoms with van der Waals surface area (Å²) in [6.45, 7) is 1.86. The lowest BCUT2D eigenvalue weighted by atomic mass is 10.1. The van der Waals surface area contributed by atoms with Gasteiger partial charge in [-0.1, -0.05) is 11.6 Å². The third-order valence-corrected chi connectivity index (χ3v) is 3.82. The van der Waals surface area contributed by atoms with Crippen LogP contribution in [-0.2, 0) is 0 Å². The van der Waals surface area contributed by atoms with Gasteiger partial charge in [0.05, 0.1) is 17.4 Å². The molecule has 22 heavy (non-hydrogen) atoms. The van der Waals surface area contributed by atoms with Crippen LogP contribution >= 0.6 is 24.0 Å². The van der Waals surface area contributed by atoms with Crippen molar-refractivity contribution < 1.29 is 4.79 Å². The highest BCUT2D eigenvalue weighted by Gasteiger charge is 2.17. The van der Waals surface area contributed by atoms with E-state index in [4.69, 9.17) is 11.6 Å². The summed E-state index contributed by atoms with van der Waals surface area (Å²) in [7, 11) is 0. The van der Waals surface area contributed by atoms with Crippen molar-refractivity contribution in [2.45, 2.75) is 18.9 Å². The second-order valence-corrected chi connectivity index (χ2v) is 5.60. The molecule has 5 nitrogen and oxygen atoms in total. The predicted molar refractivity (Wildman–Crippen MR) is 89.2 cm³/mol. The third kappa shape index (κ3) is 4.00. The quantitative estimate of drug-likeness (QED) is 0.902. The van der Waals surface area contributed by atoms with Crippen LogP contribution in [0.5, 0.6) is 0 Å². The van der Waals surface area contributed by atoms with Gasteiger partial charge in [-0.3, -0.25) is 4.79 Å². The summed E-state index contributed by atoms with van der Waals surface area (Å²) in [5.74, 6) is -0.0797. The molecule has 0 radical (unpaired) electrons. The summed E-state index contributed by atoms with van der Waals surface area (Å²) in [6.07, 6.45) is 5.42. The van der Waals surface area contributed by atoms with Gasteiger partial charge in [0.1, 0.15) is 0 Å². The second-order valence-electron chi connectivity index (χ2n) is 5.17. The zero-order chi connectivity index (χ0) is 14.7. The number of amides is 1. The minimum Gasteiger partial charge on any atom is -0.348 e. The smallest absolute Gasteiger partial charge is 0.254 e. The fourth-order valence-corrected chi connectivity index (χ4v) is 2.54. The number of piperidine rings is 1. The molecule has 2 heterocycles. The van der Waals surface area contributed by atoms with Crippen LogP contribution in [0.4, 0.5) is 0 Å². The number of nitrogens with one attached hydrogen (secondary N) is 2. The Kier molecular flexibility index (Phi) is 5.83. The summed E-state index contributed by atoms with van der Waals surface area (Å²) in [5, 5.41) is 11.2. The molecule has 1 atom stereocenters. The first-order chi connectivity index (χ1) is 10.2. The molecule has 1 aromatic carbocycles. The predicted octanol–water partition coefficient (Wildman–Crippen LogP) is 2.43. The molecule has 7 heteroatoms. The number of carbonyl (C=O) groups is 1. The molecule has 0 saturated carbocycles.